The Morgan fingerprint density at radius 1 is 1.22 bits per heavy atom. The average molecular weight is 394 g/mol. The fraction of sp³-hybridized carbons (Fsp3) is 0.600. The highest BCUT2D eigenvalue weighted by Crippen LogP contribution is 2.39. The third-order valence-electron chi connectivity index (χ3n) is 5.61. The van der Waals surface area contributed by atoms with Gasteiger partial charge in [-0.1, -0.05) is 26.8 Å². The number of carbonyl (C=O) groups is 2. The largest absolute Gasteiger partial charge is 0.497 e. The molecule has 0 N–H and O–H groups in total. The summed E-state index contributed by atoms with van der Waals surface area (Å²) in [5, 5.41) is 0.0858. The lowest BCUT2D eigenvalue weighted by molar-refractivity contribution is -0.143. The fourth-order valence-electron chi connectivity index (χ4n) is 2.88. The van der Waals surface area contributed by atoms with E-state index in [0.29, 0.717) is 18.8 Å². The van der Waals surface area contributed by atoms with Crippen molar-refractivity contribution in [2.24, 2.45) is 0 Å². The van der Waals surface area contributed by atoms with Crippen LogP contribution in [0.1, 0.15) is 32.8 Å². The molecule has 1 aromatic carbocycles. The molecule has 0 aliphatic carbocycles. The Morgan fingerprint density at radius 3 is 2.44 bits per heavy atom. The number of ether oxygens (including phenoxy) is 2. The Bertz CT molecular complexity index is 711. The Kier molecular flexibility index (Phi) is 6.37. The van der Waals surface area contributed by atoms with Gasteiger partial charge in [0.05, 0.1) is 32.6 Å². The van der Waals surface area contributed by atoms with Gasteiger partial charge in [0.25, 0.3) is 0 Å². The average Bonchev–Trinajstić information content (AvgIpc) is 2.96. The normalized spacial score (nSPS) is 16.9. The smallest absolute Gasteiger partial charge is 0.315 e. The van der Waals surface area contributed by atoms with Gasteiger partial charge in [0.1, 0.15) is 12.2 Å². The van der Waals surface area contributed by atoms with E-state index in [-0.39, 0.29) is 23.4 Å². The molecular weight excluding hydrogens is 362 g/mol. The Hall–Kier alpha value is -1.86. The quantitative estimate of drug-likeness (QED) is 0.420. The van der Waals surface area contributed by atoms with Crippen LogP contribution in [0.3, 0.4) is 0 Å². The predicted molar refractivity (Wildman–Crippen MR) is 108 cm³/mol. The number of fused-ring (bicyclic) bond motifs is 1. The molecule has 27 heavy (non-hydrogen) atoms. The number of hydrogen-bond donors (Lipinski definition) is 0. The summed E-state index contributed by atoms with van der Waals surface area (Å²) in [4.78, 5) is 26.2. The van der Waals surface area contributed by atoms with Crippen molar-refractivity contribution in [2.75, 3.05) is 25.7 Å². The van der Waals surface area contributed by atoms with Gasteiger partial charge in [-0.15, -0.1) is 0 Å². The van der Waals surface area contributed by atoms with E-state index >= 15 is 0 Å². The molecular formula is C20H31NO5Si. The van der Waals surface area contributed by atoms with E-state index < -0.39 is 14.3 Å². The highest BCUT2D eigenvalue weighted by molar-refractivity contribution is 6.74. The molecule has 0 saturated heterocycles. The van der Waals surface area contributed by atoms with Gasteiger partial charge in [0.15, 0.2) is 8.32 Å². The summed E-state index contributed by atoms with van der Waals surface area (Å²) in [5.41, 5.74) is 1.84. The number of amides is 1. The van der Waals surface area contributed by atoms with Crippen LogP contribution in [-0.2, 0) is 25.2 Å². The molecule has 0 aromatic heterocycles. The molecule has 1 unspecified atom stereocenters. The van der Waals surface area contributed by atoms with Crippen molar-refractivity contribution in [3.63, 3.8) is 0 Å². The second-order valence-electron chi connectivity index (χ2n) is 8.44. The van der Waals surface area contributed by atoms with Crippen LogP contribution >= 0.6 is 0 Å². The summed E-state index contributed by atoms with van der Waals surface area (Å²) in [6.07, 6.45) is 0.407. The molecule has 1 heterocycles. The first-order chi connectivity index (χ1) is 12.5. The molecule has 2 rings (SSSR count). The highest BCUT2D eigenvalue weighted by atomic mass is 28.4. The van der Waals surface area contributed by atoms with E-state index in [0.717, 1.165) is 11.3 Å². The Balaban J connectivity index is 2.27. The first-order valence-corrected chi connectivity index (χ1v) is 12.1. The minimum Gasteiger partial charge on any atom is -0.497 e. The zero-order valence-electron chi connectivity index (χ0n) is 17.4. The maximum Gasteiger partial charge on any atom is 0.315 e. The van der Waals surface area contributed by atoms with Gasteiger partial charge in [-0.2, -0.15) is 0 Å². The Labute approximate surface area is 162 Å². The molecule has 0 spiro atoms. The van der Waals surface area contributed by atoms with Crippen LogP contribution in [0.15, 0.2) is 18.2 Å². The van der Waals surface area contributed by atoms with Crippen LogP contribution in [0.4, 0.5) is 5.69 Å². The standard InChI is InChI=1S/C20H31NO5Si/c1-20(2,3)27(6,7)26-13-15-10-14-8-9-16(24-4)11-17(14)21(15)18(22)12-19(23)25-5/h8-9,11,15H,10,12-13H2,1-7H3. The summed E-state index contributed by atoms with van der Waals surface area (Å²) in [5.74, 6) is -0.145. The molecule has 7 heteroatoms. The van der Waals surface area contributed by atoms with E-state index in [1.54, 1.807) is 12.0 Å². The van der Waals surface area contributed by atoms with E-state index in [1.165, 1.54) is 7.11 Å². The molecule has 0 saturated carbocycles. The van der Waals surface area contributed by atoms with Gasteiger partial charge < -0.3 is 18.8 Å². The van der Waals surface area contributed by atoms with Crippen molar-refractivity contribution in [2.45, 2.75) is 57.8 Å². The van der Waals surface area contributed by atoms with Crippen LogP contribution < -0.4 is 9.64 Å². The van der Waals surface area contributed by atoms with E-state index in [4.69, 9.17) is 9.16 Å². The van der Waals surface area contributed by atoms with Gasteiger partial charge in [-0.25, -0.2) is 0 Å². The van der Waals surface area contributed by atoms with Crippen molar-refractivity contribution >= 4 is 25.9 Å². The van der Waals surface area contributed by atoms with Crippen LogP contribution in [0.25, 0.3) is 0 Å². The van der Waals surface area contributed by atoms with Gasteiger partial charge >= 0.3 is 5.97 Å². The zero-order chi connectivity index (χ0) is 20.4. The molecule has 0 fully saturated rings. The molecule has 1 atom stereocenters. The van der Waals surface area contributed by atoms with Gasteiger partial charge in [-0.3, -0.25) is 9.59 Å². The molecule has 1 aliphatic heterocycles. The monoisotopic (exact) mass is 393 g/mol. The molecule has 1 aromatic rings. The summed E-state index contributed by atoms with van der Waals surface area (Å²) >= 11 is 0. The molecule has 6 nitrogen and oxygen atoms in total. The molecule has 0 bridgehead atoms. The van der Waals surface area contributed by atoms with Crippen LogP contribution in [0.5, 0.6) is 5.75 Å². The maximum absolute atomic E-state index is 12.8. The zero-order valence-corrected chi connectivity index (χ0v) is 18.4. The van der Waals surface area contributed by atoms with Crippen molar-refractivity contribution < 1.29 is 23.5 Å². The van der Waals surface area contributed by atoms with Crippen molar-refractivity contribution in [1.29, 1.82) is 0 Å². The number of esters is 1. The molecule has 1 aliphatic rings. The van der Waals surface area contributed by atoms with Gasteiger partial charge in [0, 0.05) is 6.07 Å². The van der Waals surface area contributed by atoms with Crippen LogP contribution in [0, 0.1) is 0 Å². The van der Waals surface area contributed by atoms with Crippen LogP contribution in [-0.4, -0.2) is 47.1 Å². The van der Waals surface area contributed by atoms with Gasteiger partial charge in [0.2, 0.25) is 5.91 Å². The number of hydrogen-bond acceptors (Lipinski definition) is 5. The van der Waals surface area contributed by atoms with Crippen molar-refractivity contribution in [3.8, 4) is 5.75 Å². The number of methoxy groups -OCH3 is 2. The summed E-state index contributed by atoms with van der Waals surface area (Å²) in [6.45, 7) is 11.4. The minimum absolute atomic E-state index is 0.0858. The van der Waals surface area contributed by atoms with Gasteiger partial charge in [-0.05, 0) is 36.2 Å². The maximum atomic E-state index is 12.8. The lowest BCUT2D eigenvalue weighted by atomic mass is 10.1. The summed E-state index contributed by atoms with van der Waals surface area (Å²) in [7, 11) is 0.928. The molecule has 0 radical (unpaired) electrons. The topological polar surface area (TPSA) is 65.1 Å². The second-order valence-corrected chi connectivity index (χ2v) is 13.2. The van der Waals surface area contributed by atoms with E-state index in [1.807, 2.05) is 18.2 Å². The third-order valence-corrected chi connectivity index (χ3v) is 10.1. The Morgan fingerprint density at radius 2 is 1.89 bits per heavy atom. The van der Waals surface area contributed by atoms with Crippen LogP contribution in [0.2, 0.25) is 18.1 Å². The SMILES string of the molecule is COC(=O)CC(=O)N1c2cc(OC)ccc2CC1CO[Si](C)(C)C(C)(C)C. The van der Waals surface area contributed by atoms with Crippen molar-refractivity contribution in [1.82, 2.24) is 0 Å². The number of anilines is 1. The minimum atomic E-state index is -1.95. The summed E-state index contributed by atoms with van der Waals surface area (Å²) in [6, 6.07) is 5.56. The van der Waals surface area contributed by atoms with Crippen molar-refractivity contribution in [3.05, 3.63) is 23.8 Å². The number of nitrogens with zero attached hydrogens (tertiary/aromatic N) is 1. The number of benzene rings is 1. The lowest BCUT2D eigenvalue weighted by Crippen LogP contribution is -2.47. The lowest BCUT2D eigenvalue weighted by Gasteiger charge is -2.38. The van der Waals surface area contributed by atoms with E-state index in [2.05, 4.69) is 38.6 Å². The number of carbonyl (C=O) groups excluding carboxylic acids is 2. The number of rotatable bonds is 6. The predicted octanol–water partition coefficient (Wildman–Crippen LogP) is 3.54. The highest BCUT2D eigenvalue weighted by Gasteiger charge is 2.40. The first kappa shape index (κ1) is 21.4. The first-order valence-electron chi connectivity index (χ1n) is 9.20. The second kappa shape index (κ2) is 8.02. The third kappa shape index (κ3) is 4.71. The fourth-order valence-corrected chi connectivity index (χ4v) is 3.92. The summed E-state index contributed by atoms with van der Waals surface area (Å²) < 4.78 is 16.4. The molecule has 150 valence electrons. The molecule has 1 amide bonds. The van der Waals surface area contributed by atoms with E-state index in [9.17, 15) is 9.59 Å².